The Morgan fingerprint density at radius 3 is 1.74 bits per heavy atom. The molecular formula is C23H16. The van der Waals surface area contributed by atoms with Gasteiger partial charge in [0.25, 0.3) is 0 Å². The summed E-state index contributed by atoms with van der Waals surface area (Å²) in [5, 5.41) is 10.6. The van der Waals surface area contributed by atoms with Crippen LogP contribution in [0.15, 0.2) is 78.9 Å². The van der Waals surface area contributed by atoms with E-state index in [0.717, 1.165) is 0 Å². The molecule has 0 aliphatic carbocycles. The van der Waals surface area contributed by atoms with Crippen molar-refractivity contribution in [1.82, 2.24) is 0 Å². The van der Waals surface area contributed by atoms with Crippen LogP contribution in [0.2, 0.25) is 0 Å². The van der Waals surface area contributed by atoms with E-state index in [1.807, 2.05) is 0 Å². The van der Waals surface area contributed by atoms with Crippen LogP contribution in [0.1, 0.15) is 5.56 Å². The van der Waals surface area contributed by atoms with E-state index >= 15 is 0 Å². The molecule has 5 aromatic rings. The highest BCUT2D eigenvalue weighted by Crippen LogP contribution is 2.33. The molecule has 0 heteroatoms. The van der Waals surface area contributed by atoms with Crippen molar-refractivity contribution in [3.63, 3.8) is 0 Å². The van der Waals surface area contributed by atoms with Crippen LogP contribution >= 0.6 is 0 Å². The van der Waals surface area contributed by atoms with E-state index in [1.54, 1.807) is 0 Å². The standard InChI is InChI=1S/C23H16/c1-15-6-11-21-17(12-15)9-10-19-13-22-18(14-23(19)21)8-7-16-4-2-3-5-20(16)22/h2-14H,1H3. The molecule has 0 aromatic heterocycles. The first-order chi connectivity index (χ1) is 11.3. The van der Waals surface area contributed by atoms with Crippen LogP contribution in [-0.4, -0.2) is 0 Å². The molecule has 0 N–H and O–H groups in total. The molecule has 0 bridgehead atoms. The maximum absolute atomic E-state index is 2.34. The molecular weight excluding hydrogens is 276 g/mol. The number of rotatable bonds is 0. The normalized spacial score (nSPS) is 11.7. The summed E-state index contributed by atoms with van der Waals surface area (Å²) in [5.41, 5.74) is 1.31. The van der Waals surface area contributed by atoms with Crippen LogP contribution < -0.4 is 0 Å². The van der Waals surface area contributed by atoms with Crippen LogP contribution in [0.5, 0.6) is 0 Å². The summed E-state index contributed by atoms with van der Waals surface area (Å²) in [4.78, 5) is 0. The number of benzene rings is 5. The molecule has 0 fully saturated rings. The second kappa shape index (κ2) is 4.57. The lowest BCUT2D eigenvalue weighted by Crippen LogP contribution is -1.82. The largest absolute Gasteiger partial charge is 0.0616 e. The van der Waals surface area contributed by atoms with Crippen molar-refractivity contribution in [3.05, 3.63) is 84.4 Å². The number of hydrogen-bond donors (Lipinski definition) is 0. The lowest BCUT2D eigenvalue weighted by Gasteiger charge is -2.09. The SMILES string of the molecule is Cc1ccc2c(ccc3cc4c(ccc5ccccc54)cc32)c1. The van der Waals surface area contributed by atoms with Crippen LogP contribution in [0.25, 0.3) is 43.1 Å². The molecule has 0 heterocycles. The quantitative estimate of drug-likeness (QED) is 0.222. The van der Waals surface area contributed by atoms with E-state index in [1.165, 1.54) is 48.7 Å². The highest BCUT2D eigenvalue weighted by Gasteiger charge is 2.05. The van der Waals surface area contributed by atoms with Gasteiger partial charge in [-0.05, 0) is 62.1 Å². The monoisotopic (exact) mass is 292 g/mol. The van der Waals surface area contributed by atoms with Gasteiger partial charge in [0.15, 0.2) is 0 Å². The Morgan fingerprint density at radius 1 is 0.435 bits per heavy atom. The van der Waals surface area contributed by atoms with E-state index < -0.39 is 0 Å². The third kappa shape index (κ3) is 1.85. The maximum Gasteiger partial charge on any atom is -0.00990 e. The Kier molecular flexibility index (Phi) is 2.51. The fraction of sp³-hybridized carbons (Fsp3) is 0.0435. The maximum atomic E-state index is 2.34. The van der Waals surface area contributed by atoms with Crippen molar-refractivity contribution in [2.75, 3.05) is 0 Å². The van der Waals surface area contributed by atoms with Crippen molar-refractivity contribution in [2.24, 2.45) is 0 Å². The molecule has 108 valence electrons. The summed E-state index contributed by atoms with van der Waals surface area (Å²) in [5.74, 6) is 0. The average Bonchev–Trinajstić information content (AvgIpc) is 2.59. The summed E-state index contributed by atoms with van der Waals surface area (Å²) < 4.78 is 0. The highest BCUT2D eigenvalue weighted by atomic mass is 14.1. The van der Waals surface area contributed by atoms with Gasteiger partial charge in [-0.2, -0.15) is 0 Å². The smallest absolute Gasteiger partial charge is 0.00990 e. The lowest BCUT2D eigenvalue weighted by molar-refractivity contribution is 1.51. The van der Waals surface area contributed by atoms with Gasteiger partial charge in [0.2, 0.25) is 0 Å². The summed E-state index contributed by atoms with van der Waals surface area (Å²) in [6, 6.07) is 29.0. The van der Waals surface area contributed by atoms with Crippen molar-refractivity contribution in [1.29, 1.82) is 0 Å². The third-order valence-corrected chi connectivity index (χ3v) is 4.85. The molecule has 5 rings (SSSR count). The molecule has 0 atom stereocenters. The number of aryl methyl sites for hydroxylation is 1. The second-order valence-corrected chi connectivity index (χ2v) is 6.37. The summed E-state index contributed by atoms with van der Waals surface area (Å²) in [6.07, 6.45) is 0. The van der Waals surface area contributed by atoms with Gasteiger partial charge in [-0.25, -0.2) is 0 Å². The van der Waals surface area contributed by atoms with Gasteiger partial charge in [-0.3, -0.25) is 0 Å². The van der Waals surface area contributed by atoms with Gasteiger partial charge in [-0.15, -0.1) is 0 Å². The van der Waals surface area contributed by atoms with E-state index in [4.69, 9.17) is 0 Å². The van der Waals surface area contributed by atoms with Gasteiger partial charge in [-0.1, -0.05) is 72.3 Å². The predicted octanol–water partition coefficient (Wildman–Crippen LogP) is 6.61. The van der Waals surface area contributed by atoms with Crippen LogP contribution in [0.4, 0.5) is 0 Å². The van der Waals surface area contributed by atoms with Gasteiger partial charge in [0, 0.05) is 0 Å². The first-order valence-electron chi connectivity index (χ1n) is 8.04. The van der Waals surface area contributed by atoms with Gasteiger partial charge >= 0.3 is 0 Å². The predicted molar refractivity (Wildman–Crippen MR) is 101 cm³/mol. The van der Waals surface area contributed by atoms with Gasteiger partial charge in [0.1, 0.15) is 0 Å². The molecule has 0 aliphatic rings. The molecule has 0 saturated heterocycles. The van der Waals surface area contributed by atoms with Crippen molar-refractivity contribution >= 4 is 43.1 Å². The fourth-order valence-corrected chi connectivity index (χ4v) is 3.69. The summed E-state index contributed by atoms with van der Waals surface area (Å²) >= 11 is 0. The summed E-state index contributed by atoms with van der Waals surface area (Å²) in [6.45, 7) is 2.15. The molecule has 0 nitrogen and oxygen atoms in total. The zero-order chi connectivity index (χ0) is 15.4. The van der Waals surface area contributed by atoms with E-state index in [0.29, 0.717) is 0 Å². The topological polar surface area (TPSA) is 0 Å². The van der Waals surface area contributed by atoms with Crippen molar-refractivity contribution in [2.45, 2.75) is 6.92 Å². The Bertz CT molecular complexity index is 1210. The minimum absolute atomic E-state index is 1.30. The van der Waals surface area contributed by atoms with Crippen molar-refractivity contribution in [3.8, 4) is 0 Å². The third-order valence-electron chi connectivity index (χ3n) is 4.85. The molecule has 0 aliphatic heterocycles. The average molecular weight is 292 g/mol. The van der Waals surface area contributed by atoms with E-state index in [-0.39, 0.29) is 0 Å². The van der Waals surface area contributed by atoms with Crippen LogP contribution in [0, 0.1) is 6.92 Å². The Labute approximate surface area is 135 Å². The molecule has 0 amide bonds. The Balaban J connectivity index is 1.98. The molecule has 0 spiro atoms. The van der Waals surface area contributed by atoms with E-state index in [2.05, 4.69) is 85.8 Å². The van der Waals surface area contributed by atoms with Crippen LogP contribution in [0.3, 0.4) is 0 Å². The molecule has 23 heavy (non-hydrogen) atoms. The molecule has 0 unspecified atom stereocenters. The molecule has 0 saturated carbocycles. The summed E-state index contributed by atoms with van der Waals surface area (Å²) in [7, 11) is 0. The Hall–Kier alpha value is -2.86. The molecule has 5 aromatic carbocycles. The second-order valence-electron chi connectivity index (χ2n) is 6.37. The minimum atomic E-state index is 1.30. The number of fused-ring (bicyclic) bond motifs is 6. The van der Waals surface area contributed by atoms with Gasteiger partial charge < -0.3 is 0 Å². The van der Waals surface area contributed by atoms with Crippen LogP contribution in [-0.2, 0) is 0 Å². The minimum Gasteiger partial charge on any atom is -0.0616 e. The highest BCUT2D eigenvalue weighted by molar-refractivity contribution is 6.17. The lowest BCUT2D eigenvalue weighted by atomic mass is 9.95. The fourth-order valence-electron chi connectivity index (χ4n) is 3.69. The number of hydrogen-bond acceptors (Lipinski definition) is 0. The zero-order valence-corrected chi connectivity index (χ0v) is 13.0. The molecule has 0 radical (unpaired) electrons. The van der Waals surface area contributed by atoms with Crippen molar-refractivity contribution < 1.29 is 0 Å². The van der Waals surface area contributed by atoms with Gasteiger partial charge in [0.05, 0.1) is 0 Å². The van der Waals surface area contributed by atoms with E-state index in [9.17, 15) is 0 Å². The first kappa shape index (κ1) is 12.7. The zero-order valence-electron chi connectivity index (χ0n) is 13.0. The first-order valence-corrected chi connectivity index (χ1v) is 8.04. The Morgan fingerprint density at radius 2 is 1.00 bits per heavy atom.